The number of rotatable bonds is 4. The van der Waals surface area contributed by atoms with Crippen molar-refractivity contribution in [1.29, 1.82) is 5.26 Å². The summed E-state index contributed by atoms with van der Waals surface area (Å²) in [5.41, 5.74) is 4.73. The maximum absolute atomic E-state index is 12.9. The number of amides is 1. The van der Waals surface area contributed by atoms with Crippen LogP contribution in [0.2, 0.25) is 10.0 Å². The first-order chi connectivity index (χ1) is 12.6. The molecule has 4 N–H and O–H groups in total. The molecule has 0 saturated heterocycles. The van der Waals surface area contributed by atoms with Crippen LogP contribution in [0.5, 0.6) is 0 Å². The maximum atomic E-state index is 12.9. The molecule has 0 heterocycles. The van der Waals surface area contributed by atoms with Crippen LogP contribution in [0.4, 0.5) is 30.2 Å². The molecule has 0 aromatic heterocycles. The van der Waals surface area contributed by atoms with E-state index in [1.54, 1.807) is 6.07 Å². The molecule has 10 heteroatoms. The zero-order chi connectivity index (χ0) is 20.2. The van der Waals surface area contributed by atoms with Crippen molar-refractivity contribution in [3.8, 4) is 6.07 Å². The van der Waals surface area contributed by atoms with Gasteiger partial charge in [0.1, 0.15) is 11.6 Å². The molecule has 0 aliphatic carbocycles. The van der Waals surface area contributed by atoms with Gasteiger partial charge in [0.15, 0.2) is 0 Å². The summed E-state index contributed by atoms with van der Waals surface area (Å²) < 4.78 is 38.6. The molecule has 1 amide bonds. The van der Waals surface area contributed by atoms with Crippen LogP contribution in [0.3, 0.4) is 0 Å². The smallest absolute Gasteiger partial charge is 0.399 e. The number of nitrogens with two attached hydrogens (primary N) is 1. The lowest BCUT2D eigenvalue weighted by molar-refractivity contribution is -0.137. The Labute approximate surface area is 162 Å². The molecule has 0 aliphatic rings. The van der Waals surface area contributed by atoms with Crippen LogP contribution in [0.1, 0.15) is 5.56 Å². The van der Waals surface area contributed by atoms with E-state index in [-0.39, 0.29) is 22.0 Å². The number of benzene rings is 2. The van der Waals surface area contributed by atoms with E-state index in [0.717, 1.165) is 18.3 Å². The van der Waals surface area contributed by atoms with Gasteiger partial charge in [-0.25, -0.2) is 0 Å². The Morgan fingerprint density at radius 2 is 1.85 bits per heavy atom. The summed E-state index contributed by atoms with van der Waals surface area (Å²) >= 11 is 11.5. The molecule has 0 saturated carbocycles. The molecule has 0 fully saturated rings. The van der Waals surface area contributed by atoms with E-state index in [4.69, 9.17) is 34.2 Å². The SMILES string of the molecule is N#C/C(=C/Nc1ccc(Cl)c(C(F)(F)F)c1)C(=O)Nc1ccc(N)cc1Cl. The first kappa shape index (κ1) is 20.4. The highest BCUT2D eigenvalue weighted by Crippen LogP contribution is 2.36. The van der Waals surface area contributed by atoms with Gasteiger partial charge in [-0.3, -0.25) is 4.79 Å². The second-order valence-electron chi connectivity index (χ2n) is 5.20. The third kappa shape index (κ3) is 5.29. The molecule has 0 radical (unpaired) electrons. The fourth-order valence-corrected chi connectivity index (χ4v) is 2.42. The lowest BCUT2D eigenvalue weighted by atomic mass is 10.2. The van der Waals surface area contributed by atoms with Gasteiger partial charge < -0.3 is 16.4 Å². The van der Waals surface area contributed by atoms with Crippen molar-refractivity contribution in [2.45, 2.75) is 6.18 Å². The van der Waals surface area contributed by atoms with Crippen molar-refractivity contribution in [1.82, 2.24) is 0 Å². The summed E-state index contributed by atoms with van der Waals surface area (Å²) in [5, 5.41) is 13.7. The summed E-state index contributed by atoms with van der Waals surface area (Å²) in [6.45, 7) is 0. The normalized spacial score (nSPS) is 11.6. The van der Waals surface area contributed by atoms with Crippen molar-refractivity contribution in [2.75, 3.05) is 16.4 Å². The van der Waals surface area contributed by atoms with Gasteiger partial charge in [0.05, 0.1) is 21.3 Å². The second kappa shape index (κ2) is 8.20. The number of alkyl halides is 3. The Kier molecular flexibility index (Phi) is 6.20. The van der Waals surface area contributed by atoms with Crippen molar-refractivity contribution >= 4 is 46.2 Å². The quantitative estimate of drug-likeness (QED) is 0.370. The highest BCUT2D eigenvalue weighted by Gasteiger charge is 2.33. The fourth-order valence-electron chi connectivity index (χ4n) is 1.96. The van der Waals surface area contributed by atoms with Crippen LogP contribution in [-0.4, -0.2) is 5.91 Å². The van der Waals surface area contributed by atoms with E-state index in [1.807, 2.05) is 0 Å². The standard InChI is InChI=1S/C17H11Cl2F3N4O/c18-13-3-2-11(6-12(13)17(20,21)22)25-8-9(7-23)16(27)26-15-4-1-10(24)5-14(15)19/h1-6,8,25H,24H2,(H,26,27)/b9-8-. The maximum Gasteiger partial charge on any atom is 0.417 e. The topological polar surface area (TPSA) is 90.9 Å². The van der Waals surface area contributed by atoms with Gasteiger partial charge in [-0.15, -0.1) is 0 Å². The number of nitrogen functional groups attached to an aromatic ring is 1. The molecule has 140 valence electrons. The molecule has 0 unspecified atom stereocenters. The number of halogens is 5. The van der Waals surface area contributed by atoms with Crippen LogP contribution in [0, 0.1) is 11.3 Å². The predicted octanol–water partition coefficient (Wildman–Crippen LogP) is 5.05. The number of nitrogens with one attached hydrogen (secondary N) is 2. The van der Waals surface area contributed by atoms with Gasteiger partial charge in [-0.1, -0.05) is 23.2 Å². The molecule has 27 heavy (non-hydrogen) atoms. The van der Waals surface area contributed by atoms with Gasteiger partial charge >= 0.3 is 6.18 Å². The zero-order valence-corrected chi connectivity index (χ0v) is 14.9. The Balaban J connectivity index is 2.19. The summed E-state index contributed by atoms with van der Waals surface area (Å²) in [4.78, 5) is 12.1. The van der Waals surface area contributed by atoms with E-state index in [1.165, 1.54) is 24.3 Å². The molecule has 0 bridgehead atoms. The number of nitrogens with zero attached hydrogens (tertiary/aromatic N) is 1. The third-order valence-electron chi connectivity index (χ3n) is 3.26. The van der Waals surface area contributed by atoms with E-state index in [2.05, 4.69) is 10.6 Å². The zero-order valence-electron chi connectivity index (χ0n) is 13.4. The first-order valence-corrected chi connectivity index (χ1v) is 7.97. The number of carbonyl (C=O) groups is 1. The summed E-state index contributed by atoms with van der Waals surface area (Å²) in [5.74, 6) is -0.804. The van der Waals surface area contributed by atoms with E-state index in [9.17, 15) is 18.0 Å². The van der Waals surface area contributed by atoms with Crippen LogP contribution in [-0.2, 0) is 11.0 Å². The minimum atomic E-state index is -4.64. The molecule has 2 aromatic rings. The van der Waals surface area contributed by atoms with Crippen molar-refractivity contribution < 1.29 is 18.0 Å². The molecule has 2 aromatic carbocycles. The van der Waals surface area contributed by atoms with Crippen LogP contribution in [0.15, 0.2) is 48.2 Å². The number of anilines is 3. The van der Waals surface area contributed by atoms with Gasteiger partial charge in [-0.2, -0.15) is 18.4 Å². The van der Waals surface area contributed by atoms with Gasteiger partial charge in [-0.05, 0) is 36.4 Å². The van der Waals surface area contributed by atoms with Crippen LogP contribution < -0.4 is 16.4 Å². The summed E-state index contributed by atoms with van der Waals surface area (Å²) in [7, 11) is 0. The van der Waals surface area contributed by atoms with Crippen LogP contribution >= 0.6 is 23.2 Å². The number of hydrogen-bond donors (Lipinski definition) is 3. The fraction of sp³-hybridized carbons (Fsp3) is 0.0588. The highest BCUT2D eigenvalue weighted by molar-refractivity contribution is 6.34. The highest BCUT2D eigenvalue weighted by atomic mass is 35.5. The molecule has 0 spiro atoms. The minimum Gasteiger partial charge on any atom is -0.399 e. The Bertz CT molecular complexity index is 952. The van der Waals surface area contributed by atoms with Crippen molar-refractivity contribution in [2.24, 2.45) is 0 Å². The van der Waals surface area contributed by atoms with Gasteiger partial charge in [0.2, 0.25) is 0 Å². The summed E-state index contributed by atoms with van der Waals surface area (Å²) in [6, 6.07) is 9.12. The Hall–Kier alpha value is -2.89. The average Bonchev–Trinajstić information content (AvgIpc) is 2.58. The Morgan fingerprint density at radius 1 is 1.15 bits per heavy atom. The van der Waals surface area contributed by atoms with Crippen molar-refractivity contribution in [3.63, 3.8) is 0 Å². The molecular formula is C17H11Cl2F3N4O. The van der Waals surface area contributed by atoms with Gasteiger partial charge in [0, 0.05) is 17.6 Å². The lowest BCUT2D eigenvalue weighted by Gasteiger charge is -2.11. The molecule has 5 nitrogen and oxygen atoms in total. The summed E-state index contributed by atoms with van der Waals surface area (Å²) in [6.07, 6.45) is -3.66. The molecule has 2 rings (SSSR count). The second-order valence-corrected chi connectivity index (χ2v) is 6.01. The number of nitriles is 1. The molecule has 0 aliphatic heterocycles. The van der Waals surface area contributed by atoms with E-state index in [0.29, 0.717) is 5.69 Å². The lowest BCUT2D eigenvalue weighted by Crippen LogP contribution is -2.15. The Morgan fingerprint density at radius 3 is 2.44 bits per heavy atom. The van der Waals surface area contributed by atoms with E-state index < -0.39 is 22.7 Å². The molecular weight excluding hydrogens is 404 g/mol. The molecule has 0 atom stereocenters. The minimum absolute atomic E-state index is 0.00204. The van der Waals surface area contributed by atoms with Crippen LogP contribution in [0.25, 0.3) is 0 Å². The monoisotopic (exact) mass is 414 g/mol. The third-order valence-corrected chi connectivity index (χ3v) is 3.90. The largest absolute Gasteiger partial charge is 0.417 e. The van der Waals surface area contributed by atoms with Gasteiger partial charge in [0.25, 0.3) is 5.91 Å². The predicted molar refractivity (Wildman–Crippen MR) is 98.3 cm³/mol. The average molecular weight is 415 g/mol. The number of hydrogen-bond acceptors (Lipinski definition) is 4. The number of carbonyl (C=O) groups excluding carboxylic acids is 1. The first-order valence-electron chi connectivity index (χ1n) is 7.21. The van der Waals surface area contributed by atoms with E-state index >= 15 is 0 Å². The van der Waals surface area contributed by atoms with Crippen molar-refractivity contribution in [3.05, 3.63) is 63.8 Å².